The third kappa shape index (κ3) is 1.92. The van der Waals surface area contributed by atoms with Crippen LogP contribution in [0, 0.1) is 5.92 Å². The summed E-state index contributed by atoms with van der Waals surface area (Å²) in [6, 6.07) is 0. The summed E-state index contributed by atoms with van der Waals surface area (Å²) in [5.41, 5.74) is 0. The van der Waals surface area contributed by atoms with E-state index in [1.165, 1.54) is 0 Å². The van der Waals surface area contributed by atoms with Crippen molar-refractivity contribution >= 4 is 0 Å². The van der Waals surface area contributed by atoms with Crippen LogP contribution >= 0.6 is 0 Å². The van der Waals surface area contributed by atoms with Crippen LogP contribution in [0.1, 0.15) is 6.42 Å². The normalized spacial score (nSPS) is 27.6. The molecule has 0 bridgehead atoms. The molecule has 1 aliphatic rings. The van der Waals surface area contributed by atoms with E-state index in [1.807, 2.05) is 0 Å². The Balaban J connectivity index is 2.15. The fourth-order valence-electron chi connectivity index (χ4n) is 1.38. The van der Waals surface area contributed by atoms with Crippen LogP contribution in [0.2, 0.25) is 0 Å². The summed E-state index contributed by atoms with van der Waals surface area (Å²) in [7, 11) is 0. The first-order valence-electron chi connectivity index (χ1n) is 3.76. The van der Waals surface area contributed by atoms with Gasteiger partial charge in [-0.25, -0.2) is 0 Å². The average molecular weight is 147 g/mol. The zero-order chi connectivity index (χ0) is 7.40. The molecule has 0 aromatic heterocycles. The van der Waals surface area contributed by atoms with Crippen LogP contribution in [0.5, 0.6) is 0 Å². The van der Waals surface area contributed by atoms with Crippen molar-refractivity contribution in [1.82, 2.24) is 4.90 Å². The summed E-state index contributed by atoms with van der Waals surface area (Å²) in [5.74, 6) is 0.228. The minimum Gasteiger partial charge on any atom is -0.395 e. The maximum Gasteiger partial charge on any atom is 0.0935 e. The Kier molecular flexibility index (Phi) is 3.09. The van der Waals surface area contributed by atoms with E-state index in [0.717, 1.165) is 19.5 Å². The number of hydrogen-bond donors (Lipinski definition) is 1. The number of β-amino-alcohol motifs (C(OH)–C–C–N with tert-alkyl or cyclic N) is 1. The summed E-state index contributed by atoms with van der Waals surface area (Å²) in [4.78, 5) is 2.10. The lowest BCUT2D eigenvalue weighted by Gasteiger charge is -2.12. The first kappa shape index (κ1) is 7.95. The summed E-state index contributed by atoms with van der Waals surface area (Å²) >= 11 is 0. The zero-order valence-corrected chi connectivity index (χ0v) is 6.09. The van der Waals surface area contributed by atoms with Crippen molar-refractivity contribution in [2.75, 3.05) is 32.9 Å². The maximum atomic E-state index is 12.0. The van der Waals surface area contributed by atoms with Gasteiger partial charge in [-0.2, -0.15) is 0 Å². The molecule has 60 valence electrons. The van der Waals surface area contributed by atoms with Gasteiger partial charge < -0.3 is 10.0 Å². The average Bonchev–Trinajstić information content (AvgIpc) is 2.37. The van der Waals surface area contributed by atoms with Crippen molar-refractivity contribution in [2.24, 2.45) is 5.92 Å². The number of hydrogen-bond acceptors (Lipinski definition) is 2. The molecule has 1 saturated heterocycles. The SMILES string of the molecule is OCCN1CC[C@@H](CF)C1. The lowest BCUT2D eigenvalue weighted by molar-refractivity contribution is 0.214. The minimum atomic E-state index is -0.206. The summed E-state index contributed by atoms with van der Waals surface area (Å²) in [6.45, 7) is 2.48. The van der Waals surface area contributed by atoms with Crippen LogP contribution in [-0.2, 0) is 0 Å². The maximum absolute atomic E-state index is 12.0. The molecule has 2 nitrogen and oxygen atoms in total. The molecule has 0 radical (unpaired) electrons. The van der Waals surface area contributed by atoms with Gasteiger partial charge in [0.1, 0.15) is 0 Å². The van der Waals surface area contributed by atoms with Crippen molar-refractivity contribution in [3.63, 3.8) is 0 Å². The van der Waals surface area contributed by atoms with Gasteiger partial charge in [0.2, 0.25) is 0 Å². The fraction of sp³-hybridized carbons (Fsp3) is 1.00. The van der Waals surface area contributed by atoms with Gasteiger partial charge in [0, 0.05) is 19.0 Å². The summed E-state index contributed by atoms with van der Waals surface area (Å²) in [5, 5.41) is 8.55. The highest BCUT2D eigenvalue weighted by Gasteiger charge is 2.20. The minimum absolute atomic E-state index is 0.193. The molecule has 1 heterocycles. The molecule has 3 heteroatoms. The molecule has 10 heavy (non-hydrogen) atoms. The van der Waals surface area contributed by atoms with Crippen LogP contribution < -0.4 is 0 Å². The molecule has 0 spiro atoms. The van der Waals surface area contributed by atoms with Gasteiger partial charge >= 0.3 is 0 Å². The van der Waals surface area contributed by atoms with Crippen molar-refractivity contribution in [1.29, 1.82) is 0 Å². The van der Waals surface area contributed by atoms with Crippen LogP contribution in [0.15, 0.2) is 0 Å². The molecule has 1 aliphatic heterocycles. The fourth-order valence-corrected chi connectivity index (χ4v) is 1.38. The summed E-state index contributed by atoms with van der Waals surface area (Å²) in [6.07, 6.45) is 0.955. The zero-order valence-electron chi connectivity index (χ0n) is 6.09. The number of aliphatic hydroxyl groups excluding tert-OH is 1. The van der Waals surface area contributed by atoms with E-state index >= 15 is 0 Å². The second-order valence-electron chi connectivity index (χ2n) is 2.83. The molecule has 0 amide bonds. The standard InChI is InChI=1S/C7H14FNO/c8-5-7-1-2-9(6-7)3-4-10/h7,10H,1-6H2/t7-/m0/s1. The number of aliphatic hydroxyl groups is 1. The Morgan fingerprint density at radius 1 is 1.60 bits per heavy atom. The van der Waals surface area contributed by atoms with E-state index < -0.39 is 0 Å². The predicted octanol–water partition coefficient (Wildman–Crippen LogP) is 0.270. The van der Waals surface area contributed by atoms with E-state index in [2.05, 4.69) is 4.90 Å². The van der Waals surface area contributed by atoms with Crippen LogP contribution in [-0.4, -0.2) is 42.9 Å². The first-order valence-corrected chi connectivity index (χ1v) is 3.76. The molecular weight excluding hydrogens is 133 g/mol. The Morgan fingerprint density at radius 2 is 2.40 bits per heavy atom. The number of alkyl halides is 1. The molecule has 0 aromatic rings. The summed E-state index contributed by atoms with van der Waals surface area (Å²) < 4.78 is 12.0. The van der Waals surface area contributed by atoms with Crippen molar-refractivity contribution in [3.05, 3.63) is 0 Å². The highest BCUT2D eigenvalue weighted by atomic mass is 19.1. The van der Waals surface area contributed by atoms with E-state index in [4.69, 9.17) is 5.11 Å². The van der Waals surface area contributed by atoms with Gasteiger partial charge in [0.25, 0.3) is 0 Å². The molecule has 0 aliphatic carbocycles. The quantitative estimate of drug-likeness (QED) is 0.619. The van der Waals surface area contributed by atoms with Gasteiger partial charge in [-0.15, -0.1) is 0 Å². The van der Waals surface area contributed by atoms with Gasteiger partial charge in [-0.3, -0.25) is 4.39 Å². The van der Waals surface area contributed by atoms with E-state index in [0.29, 0.717) is 6.54 Å². The topological polar surface area (TPSA) is 23.5 Å². The van der Waals surface area contributed by atoms with Crippen molar-refractivity contribution < 1.29 is 9.50 Å². The van der Waals surface area contributed by atoms with Gasteiger partial charge in [0.15, 0.2) is 0 Å². The van der Waals surface area contributed by atoms with Crippen LogP contribution in [0.25, 0.3) is 0 Å². The third-order valence-corrected chi connectivity index (χ3v) is 2.00. The molecule has 1 rings (SSSR count). The third-order valence-electron chi connectivity index (χ3n) is 2.00. The van der Waals surface area contributed by atoms with Gasteiger partial charge in [-0.05, 0) is 13.0 Å². The molecule has 1 fully saturated rings. The molecule has 1 atom stereocenters. The largest absolute Gasteiger partial charge is 0.395 e. The lowest BCUT2D eigenvalue weighted by Crippen LogP contribution is -2.24. The number of nitrogens with zero attached hydrogens (tertiary/aromatic N) is 1. The second kappa shape index (κ2) is 3.88. The molecule has 0 unspecified atom stereocenters. The van der Waals surface area contributed by atoms with Crippen molar-refractivity contribution in [3.8, 4) is 0 Å². The molecule has 0 saturated carbocycles. The van der Waals surface area contributed by atoms with Gasteiger partial charge in [-0.1, -0.05) is 0 Å². The number of halogens is 1. The lowest BCUT2D eigenvalue weighted by atomic mass is 10.1. The Morgan fingerprint density at radius 3 is 2.90 bits per heavy atom. The highest BCUT2D eigenvalue weighted by molar-refractivity contribution is 4.74. The monoisotopic (exact) mass is 147 g/mol. The van der Waals surface area contributed by atoms with E-state index in [1.54, 1.807) is 0 Å². The van der Waals surface area contributed by atoms with E-state index in [9.17, 15) is 4.39 Å². The van der Waals surface area contributed by atoms with Crippen LogP contribution in [0.3, 0.4) is 0 Å². The molecular formula is C7H14FNO. The van der Waals surface area contributed by atoms with Crippen molar-refractivity contribution in [2.45, 2.75) is 6.42 Å². The first-order chi connectivity index (χ1) is 4.86. The number of rotatable bonds is 3. The highest BCUT2D eigenvalue weighted by Crippen LogP contribution is 2.15. The molecule has 0 aromatic carbocycles. The number of likely N-dealkylation sites (tertiary alicyclic amines) is 1. The second-order valence-corrected chi connectivity index (χ2v) is 2.83. The Labute approximate surface area is 60.6 Å². The Hall–Kier alpha value is -0.150. The molecule has 1 N–H and O–H groups in total. The Bertz CT molecular complexity index is 99.6. The van der Waals surface area contributed by atoms with Gasteiger partial charge in [0.05, 0.1) is 13.3 Å². The van der Waals surface area contributed by atoms with Crippen LogP contribution in [0.4, 0.5) is 4.39 Å². The smallest absolute Gasteiger partial charge is 0.0935 e. The predicted molar refractivity (Wildman–Crippen MR) is 37.6 cm³/mol. The van der Waals surface area contributed by atoms with E-state index in [-0.39, 0.29) is 19.2 Å².